The Morgan fingerprint density at radius 1 is 1.04 bits per heavy atom. The number of para-hydroxylation sites is 2. The molecule has 0 aliphatic carbocycles. The maximum atomic E-state index is 12.7. The van der Waals surface area contributed by atoms with Gasteiger partial charge < -0.3 is 9.88 Å². The fraction of sp³-hybridized carbons (Fsp3) is 0.105. The van der Waals surface area contributed by atoms with E-state index in [0.29, 0.717) is 23.6 Å². The van der Waals surface area contributed by atoms with Crippen molar-refractivity contribution in [1.29, 1.82) is 0 Å². The number of aromatic nitrogens is 1. The Kier molecular flexibility index (Phi) is 5.67. The van der Waals surface area contributed by atoms with E-state index in [1.165, 1.54) is 12.1 Å². The molecule has 0 bridgehead atoms. The highest BCUT2D eigenvalue weighted by Crippen LogP contribution is 2.25. The van der Waals surface area contributed by atoms with Gasteiger partial charge in [0.15, 0.2) is 0 Å². The molecule has 0 atom stereocenters. The van der Waals surface area contributed by atoms with Gasteiger partial charge in [0.2, 0.25) is 0 Å². The summed E-state index contributed by atoms with van der Waals surface area (Å²) in [5.41, 5.74) is 1.15. The van der Waals surface area contributed by atoms with Gasteiger partial charge in [0.25, 0.3) is 15.9 Å². The highest BCUT2D eigenvalue weighted by atomic mass is 79.9. The molecule has 0 unspecified atom stereocenters. The first-order valence-electron chi connectivity index (χ1n) is 8.24. The van der Waals surface area contributed by atoms with Crippen LogP contribution in [0.1, 0.15) is 17.4 Å². The van der Waals surface area contributed by atoms with Crippen LogP contribution in [0.5, 0.6) is 0 Å². The Morgan fingerprint density at radius 2 is 1.67 bits per heavy atom. The molecule has 0 saturated carbocycles. The molecular formula is C19H18BrN3O3S. The number of sulfonamides is 1. The third-order valence-corrected chi connectivity index (χ3v) is 5.72. The predicted octanol–water partition coefficient (Wildman–Crippen LogP) is 4.32. The summed E-state index contributed by atoms with van der Waals surface area (Å²) in [7, 11) is -3.76. The Labute approximate surface area is 166 Å². The van der Waals surface area contributed by atoms with Crippen molar-refractivity contribution in [2.24, 2.45) is 0 Å². The van der Waals surface area contributed by atoms with Gasteiger partial charge in [-0.25, -0.2) is 8.42 Å². The molecule has 1 aromatic heterocycles. The Morgan fingerprint density at radius 3 is 2.33 bits per heavy atom. The highest BCUT2D eigenvalue weighted by Gasteiger charge is 2.18. The van der Waals surface area contributed by atoms with Crippen molar-refractivity contribution in [2.75, 3.05) is 10.0 Å². The smallest absolute Gasteiger partial charge is 0.272 e. The van der Waals surface area contributed by atoms with Crippen LogP contribution in [0.2, 0.25) is 0 Å². The maximum absolute atomic E-state index is 12.7. The quantitative estimate of drug-likeness (QED) is 0.590. The summed E-state index contributed by atoms with van der Waals surface area (Å²) in [6.45, 7) is 2.57. The predicted molar refractivity (Wildman–Crippen MR) is 109 cm³/mol. The van der Waals surface area contributed by atoms with E-state index in [2.05, 4.69) is 26.0 Å². The van der Waals surface area contributed by atoms with E-state index in [-0.39, 0.29) is 10.8 Å². The number of carbonyl (C=O) groups excluding carboxylic acids is 1. The third-order valence-electron chi connectivity index (χ3n) is 3.91. The van der Waals surface area contributed by atoms with Gasteiger partial charge in [-0.2, -0.15) is 0 Å². The number of benzene rings is 2. The molecule has 8 heteroatoms. The monoisotopic (exact) mass is 447 g/mol. The summed E-state index contributed by atoms with van der Waals surface area (Å²) in [6.07, 6.45) is 1.82. The van der Waals surface area contributed by atoms with Crippen LogP contribution in [-0.2, 0) is 16.6 Å². The number of nitrogens with one attached hydrogen (secondary N) is 2. The van der Waals surface area contributed by atoms with Crippen molar-refractivity contribution in [3.8, 4) is 0 Å². The second-order valence-electron chi connectivity index (χ2n) is 5.75. The summed E-state index contributed by atoms with van der Waals surface area (Å²) in [5.74, 6) is -0.325. The lowest BCUT2D eigenvalue weighted by atomic mass is 10.2. The molecule has 1 heterocycles. The van der Waals surface area contributed by atoms with Crippen molar-refractivity contribution in [3.63, 3.8) is 0 Å². The second-order valence-corrected chi connectivity index (χ2v) is 8.35. The fourth-order valence-electron chi connectivity index (χ4n) is 2.60. The number of amides is 1. The Balaban J connectivity index is 1.87. The van der Waals surface area contributed by atoms with E-state index >= 15 is 0 Å². The van der Waals surface area contributed by atoms with Gasteiger partial charge in [0, 0.05) is 17.2 Å². The summed E-state index contributed by atoms with van der Waals surface area (Å²) >= 11 is 3.37. The van der Waals surface area contributed by atoms with Crippen LogP contribution in [0.15, 0.2) is 76.2 Å². The van der Waals surface area contributed by atoms with Gasteiger partial charge in [-0.3, -0.25) is 9.52 Å². The maximum Gasteiger partial charge on any atom is 0.272 e. The van der Waals surface area contributed by atoms with Gasteiger partial charge in [-0.15, -0.1) is 0 Å². The van der Waals surface area contributed by atoms with Crippen LogP contribution in [0.25, 0.3) is 0 Å². The SMILES string of the molecule is CCn1cc(Br)cc1C(=O)Nc1ccccc1NS(=O)(=O)c1ccccc1. The lowest BCUT2D eigenvalue weighted by Crippen LogP contribution is -2.19. The lowest BCUT2D eigenvalue weighted by molar-refractivity contribution is 0.101. The van der Waals surface area contributed by atoms with E-state index in [9.17, 15) is 13.2 Å². The van der Waals surface area contributed by atoms with E-state index in [4.69, 9.17) is 0 Å². The van der Waals surface area contributed by atoms with E-state index in [1.54, 1.807) is 53.1 Å². The van der Waals surface area contributed by atoms with Gasteiger partial charge in [-0.1, -0.05) is 30.3 Å². The zero-order valence-corrected chi connectivity index (χ0v) is 16.9. The first-order valence-corrected chi connectivity index (χ1v) is 10.5. The molecule has 6 nitrogen and oxygen atoms in total. The third kappa shape index (κ3) is 4.40. The van der Waals surface area contributed by atoms with Crippen molar-refractivity contribution < 1.29 is 13.2 Å². The topological polar surface area (TPSA) is 80.2 Å². The number of rotatable bonds is 6. The zero-order valence-electron chi connectivity index (χ0n) is 14.5. The van der Waals surface area contributed by atoms with Gasteiger partial charge >= 0.3 is 0 Å². The summed E-state index contributed by atoms with van der Waals surface area (Å²) in [5, 5.41) is 2.78. The molecule has 140 valence electrons. The molecule has 27 heavy (non-hydrogen) atoms. The number of aryl methyl sites for hydroxylation is 1. The number of anilines is 2. The van der Waals surface area contributed by atoms with E-state index < -0.39 is 10.0 Å². The molecule has 0 spiro atoms. The fourth-order valence-corrected chi connectivity index (χ4v) is 4.16. The van der Waals surface area contributed by atoms with Crippen LogP contribution in [-0.4, -0.2) is 18.9 Å². The molecule has 0 radical (unpaired) electrons. The minimum Gasteiger partial charge on any atom is -0.343 e. The standard InChI is InChI=1S/C19H18BrN3O3S/c1-2-23-13-14(20)12-18(23)19(24)21-16-10-6-7-11-17(16)22-27(25,26)15-8-4-3-5-9-15/h3-13,22H,2H2,1H3,(H,21,24). The lowest BCUT2D eigenvalue weighted by Gasteiger charge is -2.14. The molecule has 0 aliphatic rings. The number of carbonyl (C=O) groups is 1. The second kappa shape index (κ2) is 7.98. The van der Waals surface area contributed by atoms with E-state index in [0.717, 1.165) is 4.47 Å². The average Bonchev–Trinajstić information content (AvgIpc) is 3.05. The first kappa shape index (κ1) is 19.2. The van der Waals surface area contributed by atoms with Crippen molar-refractivity contribution in [3.05, 3.63) is 77.0 Å². The van der Waals surface area contributed by atoms with Gasteiger partial charge in [0.05, 0.1) is 16.3 Å². The molecule has 0 saturated heterocycles. The van der Waals surface area contributed by atoms with Crippen molar-refractivity contribution >= 4 is 43.2 Å². The summed E-state index contributed by atoms with van der Waals surface area (Å²) in [4.78, 5) is 12.8. The summed E-state index contributed by atoms with van der Waals surface area (Å²) < 4.78 is 30.3. The Bertz CT molecular complexity index is 1060. The Hall–Kier alpha value is -2.58. The molecule has 3 rings (SSSR count). The van der Waals surface area contributed by atoms with Gasteiger partial charge in [-0.05, 0) is 53.2 Å². The van der Waals surface area contributed by atoms with Gasteiger partial charge in [0.1, 0.15) is 5.69 Å². The van der Waals surface area contributed by atoms with E-state index in [1.807, 2.05) is 13.1 Å². The minimum atomic E-state index is -3.76. The summed E-state index contributed by atoms with van der Waals surface area (Å²) in [6, 6.07) is 16.5. The number of hydrogen-bond acceptors (Lipinski definition) is 3. The number of nitrogens with zero attached hydrogens (tertiary/aromatic N) is 1. The number of hydrogen-bond donors (Lipinski definition) is 2. The van der Waals surface area contributed by atoms with Crippen LogP contribution in [0, 0.1) is 0 Å². The molecule has 2 N–H and O–H groups in total. The largest absolute Gasteiger partial charge is 0.343 e. The molecule has 2 aromatic carbocycles. The van der Waals surface area contributed by atoms with Crippen LogP contribution in [0.4, 0.5) is 11.4 Å². The number of halogens is 1. The van der Waals surface area contributed by atoms with Crippen LogP contribution < -0.4 is 10.0 Å². The first-order chi connectivity index (χ1) is 12.9. The molecular weight excluding hydrogens is 430 g/mol. The molecule has 3 aromatic rings. The molecule has 1 amide bonds. The normalized spacial score (nSPS) is 11.2. The van der Waals surface area contributed by atoms with Crippen LogP contribution >= 0.6 is 15.9 Å². The van der Waals surface area contributed by atoms with Crippen LogP contribution in [0.3, 0.4) is 0 Å². The molecule has 0 aliphatic heterocycles. The molecule has 0 fully saturated rings. The zero-order chi connectivity index (χ0) is 19.4. The highest BCUT2D eigenvalue weighted by molar-refractivity contribution is 9.10. The average molecular weight is 448 g/mol. The van der Waals surface area contributed by atoms with Crippen molar-refractivity contribution in [2.45, 2.75) is 18.4 Å². The minimum absolute atomic E-state index is 0.148. The van der Waals surface area contributed by atoms with Crippen molar-refractivity contribution in [1.82, 2.24) is 4.57 Å².